The van der Waals surface area contributed by atoms with Gasteiger partial charge in [-0.1, -0.05) is 26.0 Å². The number of ether oxygens (including phenoxy) is 2. The minimum absolute atomic E-state index is 0.00412. The highest BCUT2D eigenvalue weighted by Gasteiger charge is 2.30. The van der Waals surface area contributed by atoms with Crippen LogP contribution in [0.25, 0.3) is 33.3 Å². The Morgan fingerprint density at radius 1 is 1.09 bits per heavy atom. The average Bonchev–Trinajstić information content (AvgIpc) is 3.50. The summed E-state index contributed by atoms with van der Waals surface area (Å²) in [5.41, 5.74) is 10.7. The van der Waals surface area contributed by atoms with Crippen LogP contribution in [0, 0.1) is 5.41 Å². The van der Waals surface area contributed by atoms with Crippen molar-refractivity contribution >= 4 is 35.4 Å². The summed E-state index contributed by atoms with van der Waals surface area (Å²) in [5, 5.41) is 14.0. The van der Waals surface area contributed by atoms with E-state index in [9.17, 15) is 14.7 Å². The molecule has 2 unspecified atom stereocenters. The minimum atomic E-state index is -0.501. The topological polar surface area (TPSA) is 124 Å². The molecule has 2 saturated heterocycles. The molecule has 13 heteroatoms. The van der Waals surface area contributed by atoms with Crippen LogP contribution in [0.15, 0.2) is 54.7 Å². The molecule has 4 heterocycles. The fourth-order valence-corrected chi connectivity index (χ4v) is 8.52. The summed E-state index contributed by atoms with van der Waals surface area (Å²) in [7, 11) is 3.83. The molecule has 2 aromatic heterocycles. The van der Waals surface area contributed by atoms with Gasteiger partial charge in [0.2, 0.25) is 0 Å². The zero-order valence-electron chi connectivity index (χ0n) is 33.1. The number of rotatable bonds is 16. The van der Waals surface area contributed by atoms with Crippen molar-refractivity contribution in [2.45, 2.75) is 72.1 Å². The second-order valence-electron chi connectivity index (χ2n) is 15.6. The first kappa shape index (κ1) is 40.7. The number of aromatic hydroxyl groups is 1. The molecule has 1 amide bonds. The molecule has 2 aliphatic rings. The first-order valence-corrected chi connectivity index (χ1v) is 20.2. The van der Waals surface area contributed by atoms with Crippen molar-refractivity contribution in [2.75, 3.05) is 60.0 Å². The maximum atomic E-state index is 14.0. The van der Waals surface area contributed by atoms with Gasteiger partial charge >= 0.3 is 0 Å². The number of aromatic nitrogens is 2. The van der Waals surface area contributed by atoms with E-state index >= 15 is 0 Å². The van der Waals surface area contributed by atoms with Crippen LogP contribution in [0.4, 0.5) is 0 Å². The lowest BCUT2D eigenvalue weighted by atomic mass is 9.84. The normalized spacial score (nSPS) is 17.0. The number of phenolic OH excluding ortho intramolecular Hbond substituents is 1. The molecule has 0 saturated carbocycles. The number of hydrogen-bond acceptors (Lipinski definition) is 11. The molecule has 4 aromatic rings. The van der Waals surface area contributed by atoms with E-state index in [1.807, 2.05) is 13.0 Å². The summed E-state index contributed by atoms with van der Waals surface area (Å²) in [6.07, 6.45) is 4.63. The lowest BCUT2D eigenvalue weighted by Gasteiger charge is -2.34. The second-order valence-corrected chi connectivity index (χ2v) is 16.5. The molecule has 0 radical (unpaired) electrons. The number of piperazine rings is 1. The van der Waals surface area contributed by atoms with Crippen molar-refractivity contribution in [3.8, 4) is 28.1 Å². The van der Waals surface area contributed by atoms with Crippen molar-refractivity contribution in [1.82, 2.24) is 33.9 Å². The summed E-state index contributed by atoms with van der Waals surface area (Å²) >= 11 is 1.52. The van der Waals surface area contributed by atoms with E-state index in [0.717, 1.165) is 102 Å². The fraction of sp³-hybridized carbons (Fsp3) is 0.500. The predicted molar refractivity (Wildman–Crippen MR) is 219 cm³/mol. The van der Waals surface area contributed by atoms with E-state index in [2.05, 4.69) is 82.1 Å². The van der Waals surface area contributed by atoms with Crippen molar-refractivity contribution in [3.05, 3.63) is 71.5 Å². The Labute approximate surface area is 329 Å². The number of hydrazine groups is 1. The zero-order valence-corrected chi connectivity index (χ0v) is 34.0. The molecule has 2 fully saturated rings. The van der Waals surface area contributed by atoms with Crippen LogP contribution in [-0.4, -0.2) is 107 Å². The van der Waals surface area contributed by atoms with Crippen LogP contribution < -0.4 is 10.1 Å². The molecule has 0 spiro atoms. The summed E-state index contributed by atoms with van der Waals surface area (Å²) < 4.78 is 19.2. The third-order valence-corrected chi connectivity index (χ3v) is 11.7. The molecule has 296 valence electrons. The van der Waals surface area contributed by atoms with E-state index in [1.165, 1.54) is 12.1 Å². The second kappa shape index (κ2) is 18.3. The van der Waals surface area contributed by atoms with Gasteiger partial charge in [0.15, 0.2) is 0 Å². The summed E-state index contributed by atoms with van der Waals surface area (Å²) in [6.45, 7) is 15.1. The highest BCUT2D eigenvalue weighted by Crippen LogP contribution is 2.42. The summed E-state index contributed by atoms with van der Waals surface area (Å²) in [4.78, 5) is 32.3. The van der Waals surface area contributed by atoms with Gasteiger partial charge in [-0.25, -0.2) is 14.5 Å². The van der Waals surface area contributed by atoms with E-state index in [0.29, 0.717) is 25.9 Å². The van der Waals surface area contributed by atoms with Gasteiger partial charge < -0.3 is 24.0 Å². The smallest absolute Gasteiger partial charge is 0.293 e. The number of phenols is 1. The van der Waals surface area contributed by atoms with Gasteiger partial charge in [-0.05, 0) is 105 Å². The fourth-order valence-electron chi connectivity index (χ4n) is 7.72. The number of likely N-dealkylation sites (N-methyl/N-ethyl adjacent to an activating group) is 1. The highest BCUT2D eigenvalue weighted by atomic mass is 32.2. The SMILES string of the molecule is CCn1c(-c2cccnc2C(C)OC)c(CC(C)(C)COC=O)c2cc(-c3cc(O)cc(CC(NSN4CCN(C)CC4)C(=O)N4CCCCN4)c3)ccc21. The predicted octanol–water partition coefficient (Wildman–Crippen LogP) is 5.98. The van der Waals surface area contributed by atoms with E-state index in [4.69, 9.17) is 14.5 Å². The Morgan fingerprint density at radius 3 is 2.60 bits per heavy atom. The molecular weight excluding hydrogens is 715 g/mol. The van der Waals surface area contributed by atoms with Gasteiger partial charge in [-0.2, -0.15) is 0 Å². The monoisotopic (exact) mass is 771 g/mol. The van der Waals surface area contributed by atoms with Gasteiger partial charge in [-0.3, -0.25) is 19.6 Å². The Hall–Kier alpha value is -3.98. The van der Waals surface area contributed by atoms with Gasteiger partial charge in [0, 0.05) is 93.1 Å². The maximum Gasteiger partial charge on any atom is 0.293 e. The highest BCUT2D eigenvalue weighted by molar-refractivity contribution is 7.95. The number of methoxy groups -OCH3 is 1. The average molecular weight is 772 g/mol. The van der Waals surface area contributed by atoms with Crippen molar-refractivity contribution in [2.24, 2.45) is 5.41 Å². The van der Waals surface area contributed by atoms with Crippen LogP contribution >= 0.6 is 12.1 Å². The number of hydrogen-bond donors (Lipinski definition) is 3. The van der Waals surface area contributed by atoms with E-state index in [-0.39, 0.29) is 29.8 Å². The number of carbonyl (C=O) groups is 2. The van der Waals surface area contributed by atoms with Gasteiger partial charge in [0.25, 0.3) is 12.4 Å². The molecule has 12 nitrogen and oxygen atoms in total. The Balaban J connectivity index is 1.40. The van der Waals surface area contributed by atoms with Crippen LogP contribution in [0.5, 0.6) is 5.75 Å². The number of nitrogens with zero attached hydrogens (tertiary/aromatic N) is 5. The molecular formula is C42H57N7O5S. The number of aryl methyl sites for hydroxylation is 1. The van der Waals surface area contributed by atoms with E-state index in [1.54, 1.807) is 30.4 Å². The summed E-state index contributed by atoms with van der Waals surface area (Å²) in [6, 6.07) is 15.7. The molecule has 2 aliphatic heterocycles. The van der Waals surface area contributed by atoms with Crippen LogP contribution in [0.2, 0.25) is 0 Å². The third kappa shape index (κ3) is 9.70. The first-order chi connectivity index (χ1) is 26.5. The standard InChI is InChI=1S/C42H57N7O5S/c1-7-48-38-13-12-31(25-35(38)36(26-42(3,4)27-54-28-50)40(48)34-11-10-14-43-39(34)29(2)53-6)32-21-30(22-33(51)24-32)23-37(41(52)49-16-9-8-15-44-49)45-55-47-19-17-46(5)18-20-47/h10-14,21-22,24-25,28-29,37,44-45,51H,7-9,15-20,23,26-27H2,1-6H3. The van der Waals surface area contributed by atoms with Gasteiger partial charge in [0.05, 0.1) is 24.1 Å². The number of amides is 1. The van der Waals surface area contributed by atoms with Crippen molar-refractivity contribution in [1.29, 1.82) is 0 Å². The molecule has 0 aliphatic carbocycles. The first-order valence-electron chi connectivity index (χ1n) is 19.4. The van der Waals surface area contributed by atoms with Crippen LogP contribution in [0.3, 0.4) is 0 Å². The molecule has 0 bridgehead atoms. The number of pyridine rings is 1. The molecule has 3 N–H and O–H groups in total. The number of benzene rings is 2. The molecule has 6 rings (SSSR count). The van der Waals surface area contributed by atoms with E-state index < -0.39 is 6.04 Å². The third-order valence-electron chi connectivity index (χ3n) is 10.7. The Kier molecular flexibility index (Phi) is 13.5. The molecule has 2 atom stereocenters. The lowest BCUT2D eigenvalue weighted by molar-refractivity contribution is -0.137. The maximum absolute atomic E-state index is 14.0. The lowest BCUT2D eigenvalue weighted by Crippen LogP contribution is -2.54. The number of fused-ring (bicyclic) bond motifs is 1. The minimum Gasteiger partial charge on any atom is -0.508 e. The Bertz CT molecular complexity index is 1940. The molecule has 2 aromatic carbocycles. The zero-order chi connectivity index (χ0) is 39.1. The number of carbonyl (C=O) groups excluding carboxylic acids is 2. The van der Waals surface area contributed by atoms with Crippen molar-refractivity contribution < 1.29 is 24.2 Å². The largest absolute Gasteiger partial charge is 0.508 e. The number of nitrogens with one attached hydrogen (secondary N) is 2. The molecule has 55 heavy (non-hydrogen) atoms. The van der Waals surface area contributed by atoms with Gasteiger partial charge in [0.1, 0.15) is 11.8 Å². The quantitative estimate of drug-likeness (QED) is 0.0921. The summed E-state index contributed by atoms with van der Waals surface area (Å²) in [5.74, 6) is 0.152. The van der Waals surface area contributed by atoms with Crippen LogP contribution in [0.1, 0.15) is 63.5 Å². The van der Waals surface area contributed by atoms with Crippen molar-refractivity contribution in [3.63, 3.8) is 0 Å². The van der Waals surface area contributed by atoms with Gasteiger partial charge in [-0.15, -0.1) is 0 Å². The Morgan fingerprint density at radius 2 is 1.89 bits per heavy atom. The van der Waals surface area contributed by atoms with Crippen LogP contribution in [-0.2, 0) is 38.4 Å².